The fraction of sp³-hybridized carbons (Fsp3) is 0.0909. The van der Waals surface area contributed by atoms with Gasteiger partial charge in [-0.15, -0.1) is 0 Å². The van der Waals surface area contributed by atoms with Crippen molar-refractivity contribution in [1.29, 1.82) is 0 Å². The summed E-state index contributed by atoms with van der Waals surface area (Å²) in [6.07, 6.45) is 6.78. The minimum atomic E-state index is 1.09. The second-order valence-electron chi connectivity index (χ2n) is 9.04. The summed E-state index contributed by atoms with van der Waals surface area (Å²) in [5.41, 5.74) is 8.64. The van der Waals surface area contributed by atoms with Gasteiger partial charge in [0, 0.05) is 40.7 Å². The smallest absolute Gasteiger partial charge is 0.0536 e. The van der Waals surface area contributed by atoms with Crippen LogP contribution in [0.2, 0.25) is 0 Å². The molecule has 0 bridgehead atoms. The molecule has 0 saturated carbocycles. The van der Waals surface area contributed by atoms with Crippen LogP contribution in [0.3, 0.4) is 0 Å². The van der Waals surface area contributed by atoms with E-state index in [-0.39, 0.29) is 0 Å². The van der Waals surface area contributed by atoms with Gasteiger partial charge >= 0.3 is 0 Å². The number of benzene rings is 5. The third-order valence-electron chi connectivity index (χ3n) is 6.92. The zero-order valence-electron chi connectivity index (χ0n) is 19.9. The van der Waals surface area contributed by atoms with E-state index in [2.05, 4.69) is 144 Å². The Bertz CT molecular complexity index is 1490. The number of hydrogen-bond donors (Lipinski definition) is 0. The summed E-state index contributed by atoms with van der Waals surface area (Å²) in [6, 6.07) is 41.3. The SMILES string of the molecule is CN(c1ccc(N(c2ccccc2)c2cccc3c2C=CCC3)cc1)c1cccc2ccccc12. The van der Waals surface area contributed by atoms with Crippen LogP contribution in [0.5, 0.6) is 0 Å². The third-order valence-corrected chi connectivity index (χ3v) is 6.92. The molecule has 6 rings (SSSR count). The molecule has 0 amide bonds. The van der Waals surface area contributed by atoms with Gasteiger partial charge in [-0.1, -0.05) is 78.9 Å². The maximum Gasteiger partial charge on any atom is 0.0536 e. The highest BCUT2D eigenvalue weighted by atomic mass is 15.1. The van der Waals surface area contributed by atoms with Crippen molar-refractivity contribution in [3.05, 3.63) is 132 Å². The molecule has 1 aliphatic carbocycles. The lowest BCUT2D eigenvalue weighted by molar-refractivity contribution is 0.984. The lowest BCUT2D eigenvalue weighted by Crippen LogP contribution is -2.14. The van der Waals surface area contributed by atoms with E-state index in [4.69, 9.17) is 0 Å². The number of fused-ring (bicyclic) bond motifs is 2. The Morgan fingerprint density at radius 2 is 1.23 bits per heavy atom. The van der Waals surface area contributed by atoms with Crippen molar-refractivity contribution < 1.29 is 0 Å². The normalized spacial score (nSPS) is 12.4. The molecule has 2 heteroatoms. The topological polar surface area (TPSA) is 6.48 Å². The summed E-state index contributed by atoms with van der Waals surface area (Å²) in [5.74, 6) is 0. The summed E-state index contributed by atoms with van der Waals surface area (Å²) in [6.45, 7) is 0. The van der Waals surface area contributed by atoms with Crippen LogP contribution in [-0.2, 0) is 6.42 Å². The second kappa shape index (κ2) is 9.15. The Balaban J connectivity index is 1.42. The van der Waals surface area contributed by atoms with Gasteiger partial charge in [0.15, 0.2) is 0 Å². The van der Waals surface area contributed by atoms with Gasteiger partial charge in [-0.3, -0.25) is 0 Å². The van der Waals surface area contributed by atoms with Gasteiger partial charge in [-0.2, -0.15) is 0 Å². The van der Waals surface area contributed by atoms with E-state index in [1.807, 2.05) is 0 Å². The van der Waals surface area contributed by atoms with E-state index in [1.165, 1.54) is 33.3 Å². The van der Waals surface area contributed by atoms with Crippen LogP contribution in [-0.4, -0.2) is 7.05 Å². The first-order valence-electron chi connectivity index (χ1n) is 12.2. The quantitative estimate of drug-likeness (QED) is 0.262. The third kappa shape index (κ3) is 3.98. The van der Waals surface area contributed by atoms with Crippen molar-refractivity contribution in [1.82, 2.24) is 0 Å². The molecule has 0 heterocycles. The molecular weight excluding hydrogens is 424 g/mol. The van der Waals surface area contributed by atoms with Crippen molar-refractivity contribution in [2.24, 2.45) is 0 Å². The first-order chi connectivity index (χ1) is 17.3. The summed E-state index contributed by atoms with van der Waals surface area (Å²) < 4.78 is 0. The molecule has 170 valence electrons. The van der Waals surface area contributed by atoms with E-state index >= 15 is 0 Å². The molecule has 0 unspecified atom stereocenters. The highest BCUT2D eigenvalue weighted by Gasteiger charge is 2.18. The minimum Gasteiger partial charge on any atom is -0.344 e. The number of rotatable bonds is 5. The Hall–Kier alpha value is -4.30. The number of nitrogens with zero attached hydrogens (tertiary/aromatic N) is 2. The van der Waals surface area contributed by atoms with Crippen molar-refractivity contribution in [2.45, 2.75) is 12.8 Å². The van der Waals surface area contributed by atoms with Crippen molar-refractivity contribution in [3.63, 3.8) is 0 Å². The average molecular weight is 453 g/mol. The summed E-state index contributed by atoms with van der Waals surface area (Å²) in [7, 11) is 2.14. The van der Waals surface area contributed by atoms with Gasteiger partial charge in [0.25, 0.3) is 0 Å². The maximum absolute atomic E-state index is 2.37. The number of hydrogen-bond acceptors (Lipinski definition) is 2. The van der Waals surface area contributed by atoms with E-state index in [0.717, 1.165) is 29.9 Å². The largest absolute Gasteiger partial charge is 0.344 e. The van der Waals surface area contributed by atoms with Gasteiger partial charge in [-0.25, -0.2) is 0 Å². The first-order valence-corrected chi connectivity index (χ1v) is 12.2. The number of aryl methyl sites for hydroxylation is 1. The van der Waals surface area contributed by atoms with Gasteiger partial charge < -0.3 is 9.80 Å². The monoisotopic (exact) mass is 452 g/mol. The molecule has 5 aromatic rings. The fourth-order valence-electron chi connectivity index (χ4n) is 5.11. The molecule has 0 saturated heterocycles. The van der Waals surface area contributed by atoms with Gasteiger partial charge in [0.1, 0.15) is 0 Å². The highest BCUT2D eigenvalue weighted by molar-refractivity contribution is 5.96. The fourth-order valence-corrected chi connectivity index (χ4v) is 5.11. The minimum absolute atomic E-state index is 1.09. The highest BCUT2D eigenvalue weighted by Crippen LogP contribution is 2.40. The average Bonchev–Trinajstić information content (AvgIpc) is 2.94. The molecule has 0 N–H and O–H groups in total. The molecule has 35 heavy (non-hydrogen) atoms. The summed E-state index contributed by atoms with van der Waals surface area (Å²) >= 11 is 0. The standard InChI is InChI=1S/C33H28N2/c1-34(32-19-9-13-25-11-5-7-17-30(25)32)27-21-23-29(24-22-27)35(28-15-3-2-4-16-28)33-20-10-14-26-12-6-8-18-31(26)33/h2-5,7-11,13-24H,6,12H2,1H3. The van der Waals surface area contributed by atoms with Gasteiger partial charge in [-0.05, 0) is 72.3 Å². The summed E-state index contributed by atoms with van der Waals surface area (Å²) in [4.78, 5) is 4.64. The molecule has 0 spiro atoms. The van der Waals surface area contributed by atoms with Crippen LogP contribution in [0.1, 0.15) is 17.5 Å². The number of para-hydroxylation sites is 1. The van der Waals surface area contributed by atoms with Crippen molar-refractivity contribution >= 4 is 45.3 Å². The molecule has 2 nitrogen and oxygen atoms in total. The van der Waals surface area contributed by atoms with E-state index in [9.17, 15) is 0 Å². The Morgan fingerprint density at radius 1 is 0.571 bits per heavy atom. The van der Waals surface area contributed by atoms with Crippen molar-refractivity contribution in [3.8, 4) is 0 Å². The molecule has 0 aromatic heterocycles. The maximum atomic E-state index is 2.37. The van der Waals surface area contributed by atoms with Crippen LogP contribution in [0.4, 0.5) is 28.4 Å². The van der Waals surface area contributed by atoms with Gasteiger partial charge in [0.05, 0.1) is 5.69 Å². The predicted molar refractivity (Wildman–Crippen MR) is 150 cm³/mol. The Labute approximate surface area is 207 Å². The van der Waals surface area contributed by atoms with Gasteiger partial charge in [0.2, 0.25) is 0 Å². The van der Waals surface area contributed by atoms with E-state index < -0.39 is 0 Å². The Morgan fingerprint density at radius 3 is 2.09 bits per heavy atom. The molecule has 0 radical (unpaired) electrons. The van der Waals surface area contributed by atoms with E-state index in [1.54, 1.807) is 0 Å². The molecule has 0 fully saturated rings. The Kier molecular flexibility index (Phi) is 5.56. The second-order valence-corrected chi connectivity index (χ2v) is 9.04. The zero-order valence-corrected chi connectivity index (χ0v) is 19.9. The molecule has 1 aliphatic rings. The van der Waals surface area contributed by atoms with Crippen LogP contribution >= 0.6 is 0 Å². The van der Waals surface area contributed by atoms with E-state index in [0.29, 0.717) is 0 Å². The zero-order chi connectivity index (χ0) is 23.6. The lowest BCUT2D eigenvalue weighted by Gasteiger charge is -2.29. The molecular formula is C33H28N2. The molecule has 0 aliphatic heterocycles. The molecule has 0 atom stereocenters. The lowest BCUT2D eigenvalue weighted by atomic mass is 9.95. The van der Waals surface area contributed by atoms with Crippen LogP contribution in [0, 0.1) is 0 Å². The summed E-state index contributed by atoms with van der Waals surface area (Å²) in [5, 5.41) is 2.51. The number of anilines is 5. The van der Waals surface area contributed by atoms with Crippen LogP contribution < -0.4 is 9.80 Å². The van der Waals surface area contributed by atoms with Crippen LogP contribution in [0.15, 0.2) is 121 Å². The first kappa shape index (κ1) is 21.2. The molecule has 5 aromatic carbocycles. The number of allylic oxidation sites excluding steroid dienone is 1. The van der Waals surface area contributed by atoms with Crippen LogP contribution in [0.25, 0.3) is 16.8 Å². The predicted octanol–water partition coefficient (Wildman–Crippen LogP) is 9.04. The van der Waals surface area contributed by atoms with Crippen molar-refractivity contribution in [2.75, 3.05) is 16.8 Å².